The fourth-order valence-corrected chi connectivity index (χ4v) is 3.59. The Balaban J connectivity index is 1.71. The summed E-state index contributed by atoms with van der Waals surface area (Å²) < 4.78 is 11.7. The molecular weight excluding hydrogens is 410 g/mol. The molecule has 4 rings (SSSR count). The largest absolute Gasteiger partial charge is 0.493 e. The van der Waals surface area contributed by atoms with Crippen LogP contribution >= 0.6 is 11.6 Å². The lowest BCUT2D eigenvalue weighted by Gasteiger charge is -2.12. The van der Waals surface area contributed by atoms with E-state index in [2.05, 4.69) is 5.32 Å². The van der Waals surface area contributed by atoms with Gasteiger partial charge in [0.1, 0.15) is 11.3 Å². The van der Waals surface area contributed by atoms with Crippen LogP contribution in [0.5, 0.6) is 5.75 Å². The number of allylic oxidation sites excluding steroid dienone is 1. The molecule has 1 heterocycles. The number of amides is 1. The second-order valence-electron chi connectivity index (χ2n) is 7.12. The van der Waals surface area contributed by atoms with Crippen LogP contribution < -0.4 is 10.1 Å². The van der Waals surface area contributed by atoms with Crippen LogP contribution in [0.25, 0.3) is 27.7 Å². The molecule has 0 spiro atoms. The molecule has 0 aliphatic carbocycles. The third-order valence-corrected chi connectivity index (χ3v) is 5.20. The van der Waals surface area contributed by atoms with Crippen molar-refractivity contribution >= 4 is 39.7 Å². The van der Waals surface area contributed by atoms with Crippen LogP contribution in [0.3, 0.4) is 0 Å². The van der Waals surface area contributed by atoms with Gasteiger partial charge in [0.25, 0.3) is 0 Å². The highest BCUT2D eigenvalue weighted by Crippen LogP contribution is 2.37. The van der Waals surface area contributed by atoms with Gasteiger partial charge >= 0.3 is 0 Å². The number of furan rings is 1. The van der Waals surface area contributed by atoms with E-state index in [1.807, 2.05) is 56.3 Å². The van der Waals surface area contributed by atoms with Crippen molar-refractivity contribution in [2.45, 2.75) is 13.8 Å². The molecule has 4 nitrogen and oxygen atoms in total. The zero-order chi connectivity index (χ0) is 21.8. The van der Waals surface area contributed by atoms with Crippen LogP contribution in [-0.4, -0.2) is 12.5 Å². The molecule has 0 unspecified atom stereocenters. The molecule has 0 bridgehead atoms. The third-order valence-electron chi connectivity index (χ3n) is 4.94. The van der Waals surface area contributed by atoms with Gasteiger partial charge in [-0.05, 0) is 55.3 Å². The molecule has 0 aliphatic rings. The fourth-order valence-electron chi connectivity index (χ4n) is 3.47. The molecule has 0 aliphatic heterocycles. The molecule has 4 aromatic rings. The monoisotopic (exact) mass is 431 g/mol. The van der Waals surface area contributed by atoms with Crippen molar-refractivity contribution < 1.29 is 13.9 Å². The van der Waals surface area contributed by atoms with Crippen LogP contribution in [0.1, 0.15) is 19.4 Å². The van der Waals surface area contributed by atoms with E-state index in [-0.39, 0.29) is 5.91 Å². The molecule has 1 N–H and O–H groups in total. The van der Waals surface area contributed by atoms with Crippen molar-refractivity contribution in [3.63, 3.8) is 0 Å². The van der Waals surface area contributed by atoms with E-state index in [1.165, 1.54) is 0 Å². The third kappa shape index (κ3) is 4.65. The molecule has 0 saturated carbocycles. The molecule has 1 aromatic heterocycles. The van der Waals surface area contributed by atoms with Gasteiger partial charge in [-0.3, -0.25) is 4.79 Å². The van der Waals surface area contributed by atoms with Crippen molar-refractivity contribution in [2.75, 3.05) is 11.9 Å². The molecular formula is C26H22ClNO3. The Bertz CT molecular complexity index is 1240. The summed E-state index contributed by atoms with van der Waals surface area (Å²) in [7, 11) is 0. The first-order valence-electron chi connectivity index (χ1n) is 10.0. The SMILES string of the molecule is CCOc1cc2occ(-c3ccccc3)c2cc1/C(C)=C/C(=O)Nc1ccc(Cl)cc1. The van der Waals surface area contributed by atoms with Gasteiger partial charge in [0.2, 0.25) is 5.91 Å². The zero-order valence-electron chi connectivity index (χ0n) is 17.3. The van der Waals surface area contributed by atoms with Crippen LogP contribution in [-0.2, 0) is 4.79 Å². The van der Waals surface area contributed by atoms with E-state index in [1.54, 1.807) is 36.6 Å². The smallest absolute Gasteiger partial charge is 0.248 e. The fraction of sp³-hybridized carbons (Fsp3) is 0.115. The standard InChI is InChI=1S/C26H22ClNO3/c1-3-30-24-15-25-22(23(16-31-25)18-7-5-4-6-8-18)14-21(24)17(2)13-26(29)28-20-11-9-19(27)10-12-20/h4-16H,3H2,1-2H3,(H,28,29)/b17-13+. The second-order valence-corrected chi connectivity index (χ2v) is 7.55. The van der Waals surface area contributed by atoms with Gasteiger partial charge < -0.3 is 14.5 Å². The quantitative estimate of drug-likeness (QED) is 0.328. The lowest BCUT2D eigenvalue weighted by molar-refractivity contribution is -0.111. The Morgan fingerprint density at radius 1 is 1.10 bits per heavy atom. The number of rotatable bonds is 6. The number of ether oxygens (including phenoxy) is 1. The molecule has 156 valence electrons. The highest BCUT2D eigenvalue weighted by molar-refractivity contribution is 6.30. The van der Waals surface area contributed by atoms with E-state index in [4.69, 9.17) is 20.8 Å². The minimum atomic E-state index is -0.224. The van der Waals surface area contributed by atoms with Crippen molar-refractivity contribution in [3.8, 4) is 16.9 Å². The number of hydrogen-bond donors (Lipinski definition) is 1. The molecule has 0 fully saturated rings. The predicted octanol–water partition coefficient (Wildman–Crippen LogP) is 7.19. The number of benzene rings is 3. The number of carbonyl (C=O) groups is 1. The van der Waals surface area contributed by atoms with E-state index in [0.29, 0.717) is 23.1 Å². The number of hydrogen-bond acceptors (Lipinski definition) is 3. The van der Waals surface area contributed by atoms with Crippen molar-refractivity contribution in [2.24, 2.45) is 0 Å². The summed E-state index contributed by atoms with van der Waals surface area (Å²) in [5, 5.41) is 4.44. The molecule has 31 heavy (non-hydrogen) atoms. The van der Waals surface area contributed by atoms with Crippen LogP contribution in [0.15, 0.2) is 83.5 Å². The Kier molecular flexibility index (Phi) is 6.10. The molecule has 3 aromatic carbocycles. The number of anilines is 1. The summed E-state index contributed by atoms with van der Waals surface area (Å²) in [5.74, 6) is 0.454. The van der Waals surface area contributed by atoms with Crippen LogP contribution in [0.4, 0.5) is 5.69 Å². The summed E-state index contributed by atoms with van der Waals surface area (Å²) in [6.45, 7) is 4.33. The maximum Gasteiger partial charge on any atom is 0.248 e. The minimum Gasteiger partial charge on any atom is -0.493 e. The van der Waals surface area contributed by atoms with Gasteiger partial charge in [-0.15, -0.1) is 0 Å². The van der Waals surface area contributed by atoms with Gasteiger partial charge in [0.15, 0.2) is 0 Å². The summed E-state index contributed by atoms with van der Waals surface area (Å²) >= 11 is 5.91. The normalized spacial score (nSPS) is 11.5. The second kappa shape index (κ2) is 9.11. The van der Waals surface area contributed by atoms with E-state index in [9.17, 15) is 4.79 Å². The molecule has 0 saturated heterocycles. The van der Waals surface area contributed by atoms with E-state index < -0.39 is 0 Å². The number of carbonyl (C=O) groups excluding carboxylic acids is 1. The van der Waals surface area contributed by atoms with E-state index in [0.717, 1.165) is 33.2 Å². The van der Waals surface area contributed by atoms with Gasteiger partial charge in [0, 0.05) is 39.4 Å². The Labute approximate surface area is 186 Å². The maximum atomic E-state index is 12.6. The van der Waals surface area contributed by atoms with Crippen molar-refractivity contribution in [1.29, 1.82) is 0 Å². The average Bonchev–Trinajstić information content (AvgIpc) is 3.18. The maximum absolute atomic E-state index is 12.6. The topological polar surface area (TPSA) is 51.5 Å². The first kappa shape index (κ1) is 20.8. The Hall–Kier alpha value is -3.50. The molecule has 1 amide bonds. The summed E-state index contributed by atoms with van der Waals surface area (Å²) in [6, 6.07) is 21.0. The minimum absolute atomic E-state index is 0.224. The summed E-state index contributed by atoms with van der Waals surface area (Å²) in [5.41, 5.74) is 5.12. The summed E-state index contributed by atoms with van der Waals surface area (Å²) in [4.78, 5) is 12.6. The lowest BCUT2D eigenvalue weighted by Crippen LogP contribution is -2.08. The average molecular weight is 432 g/mol. The number of nitrogens with one attached hydrogen (secondary N) is 1. The zero-order valence-corrected chi connectivity index (χ0v) is 18.1. The number of halogens is 1. The first-order valence-corrected chi connectivity index (χ1v) is 10.4. The van der Waals surface area contributed by atoms with Crippen LogP contribution in [0.2, 0.25) is 5.02 Å². The number of fused-ring (bicyclic) bond motifs is 1. The van der Waals surface area contributed by atoms with E-state index >= 15 is 0 Å². The van der Waals surface area contributed by atoms with Gasteiger partial charge in [0.05, 0.1) is 12.9 Å². The van der Waals surface area contributed by atoms with Crippen molar-refractivity contribution in [3.05, 3.63) is 89.7 Å². The highest BCUT2D eigenvalue weighted by atomic mass is 35.5. The molecule has 0 radical (unpaired) electrons. The van der Waals surface area contributed by atoms with Gasteiger partial charge in [-0.25, -0.2) is 0 Å². The highest BCUT2D eigenvalue weighted by Gasteiger charge is 2.15. The Morgan fingerprint density at radius 3 is 2.55 bits per heavy atom. The molecule has 5 heteroatoms. The molecule has 0 atom stereocenters. The van der Waals surface area contributed by atoms with Gasteiger partial charge in [-0.1, -0.05) is 41.9 Å². The lowest BCUT2D eigenvalue weighted by atomic mass is 9.99. The van der Waals surface area contributed by atoms with Crippen molar-refractivity contribution in [1.82, 2.24) is 0 Å². The Morgan fingerprint density at radius 2 is 1.84 bits per heavy atom. The summed E-state index contributed by atoms with van der Waals surface area (Å²) in [6.07, 6.45) is 3.33. The van der Waals surface area contributed by atoms with Gasteiger partial charge in [-0.2, -0.15) is 0 Å². The predicted molar refractivity (Wildman–Crippen MR) is 127 cm³/mol. The van der Waals surface area contributed by atoms with Crippen LogP contribution in [0, 0.1) is 0 Å². The first-order chi connectivity index (χ1) is 15.0.